The monoisotopic (exact) mass is 394 g/mol. The maximum absolute atomic E-state index is 12.8. The largest absolute Gasteiger partial charge is 0.416 e. The topological polar surface area (TPSA) is 33.2 Å². The fraction of sp³-hybridized carbons (Fsp3) is 0.400. The third-order valence-electron chi connectivity index (χ3n) is 4.52. The predicted molar refractivity (Wildman–Crippen MR) is 99.5 cm³/mol. The first-order valence-corrected chi connectivity index (χ1v) is 9.87. The van der Waals surface area contributed by atoms with Gasteiger partial charge >= 0.3 is 6.18 Å². The first kappa shape index (κ1) is 19.7. The van der Waals surface area contributed by atoms with Crippen LogP contribution in [0.5, 0.6) is 0 Å². The normalized spacial score (nSPS) is 17.8. The Morgan fingerprint density at radius 3 is 2.78 bits per heavy atom. The number of pyridine rings is 1. The van der Waals surface area contributed by atoms with Gasteiger partial charge in [-0.3, -0.25) is 4.79 Å². The molecular weight excluding hydrogens is 373 g/mol. The first-order valence-electron chi connectivity index (χ1n) is 8.88. The predicted octanol–water partition coefficient (Wildman–Crippen LogP) is 5.26. The summed E-state index contributed by atoms with van der Waals surface area (Å²) in [6.07, 6.45) is -2.23. The summed E-state index contributed by atoms with van der Waals surface area (Å²) in [7, 11) is 0. The Morgan fingerprint density at radius 1 is 1.26 bits per heavy atom. The number of nitrogens with zero attached hydrogens (tertiary/aromatic N) is 2. The van der Waals surface area contributed by atoms with Crippen LogP contribution in [0.2, 0.25) is 0 Å². The number of carbonyl (C=O) groups excluding carboxylic acids is 1. The van der Waals surface area contributed by atoms with Crippen LogP contribution in [0.1, 0.15) is 41.5 Å². The summed E-state index contributed by atoms with van der Waals surface area (Å²) in [5.41, 5.74) is 0.406. The van der Waals surface area contributed by atoms with Gasteiger partial charge in [-0.15, -0.1) is 11.8 Å². The molecule has 3 nitrogen and oxygen atoms in total. The van der Waals surface area contributed by atoms with Gasteiger partial charge in [0.15, 0.2) is 0 Å². The summed E-state index contributed by atoms with van der Waals surface area (Å²) in [4.78, 5) is 19.4. The molecule has 2 heterocycles. The maximum atomic E-state index is 12.8. The second-order valence-electron chi connectivity index (χ2n) is 6.83. The number of rotatable bonds is 4. The molecule has 1 amide bonds. The molecule has 1 fully saturated rings. The fourth-order valence-corrected chi connectivity index (χ4v) is 3.99. The lowest BCUT2D eigenvalue weighted by atomic mass is 10.00. The van der Waals surface area contributed by atoms with Crippen LogP contribution in [0, 0.1) is 5.92 Å². The molecule has 1 atom stereocenters. The van der Waals surface area contributed by atoms with E-state index in [9.17, 15) is 18.0 Å². The summed E-state index contributed by atoms with van der Waals surface area (Å²) >= 11 is 1.27. The molecule has 7 heteroatoms. The number of thioether (sulfide) groups is 1. The van der Waals surface area contributed by atoms with Crippen LogP contribution in [0.25, 0.3) is 0 Å². The smallest absolute Gasteiger partial charge is 0.337 e. The van der Waals surface area contributed by atoms with Crippen LogP contribution >= 0.6 is 11.8 Å². The number of carbonyl (C=O) groups is 1. The third-order valence-corrected chi connectivity index (χ3v) is 5.55. The molecule has 0 radical (unpaired) electrons. The first-order chi connectivity index (χ1) is 12.8. The quantitative estimate of drug-likeness (QED) is 0.663. The van der Waals surface area contributed by atoms with E-state index in [0.717, 1.165) is 38.1 Å². The number of piperidine rings is 1. The number of aromatic nitrogens is 1. The van der Waals surface area contributed by atoms with E-state index in [2.05, 4.69) is 11.9 Å². The van der Waals surface area contributed by atoms with Crippen molar-refractivity contribution >= 4 is 17.7 Å². The van der Waals surface area contributed by atoms with Gasteiger partial charge in [-0.1, -0.05) is 19.1 Å². The van der Waals surface area contributed by atoms with Crippen molar-refractivity contribution in [1.82, 2.24) is 9.88 Å². The molecule has 1 aliphatic heterocycles. The van der Waals surface area contributed by atoms with Crippen molar-refractivity contribution in [2.75, 3.05) is 13.1 Å². The van der Waals surface area contributed by atoms with Crippen LogP contribution < -0.4 is 0 Å². The molecule has 3 rings (SSSR count). The second kappa shape index (κ2) is 8.33. The van der Waals surface area contributed by atoms with Crippen LogP contribution in [0.3, 0.4) is 0 Å². The summed E-state index contributed by atoms with van der Waals surface area (Å²) in [5, 5.41) is 0. The van der Waals surface area contributed by atoms with E-state index in [-0.39, 0.29) is 5.91 Å². The molecule has 0 saturated carbocycles. The van der Waals surface area contributed by atoms with Crippen molar-refractivity contribution < 1.29 is 18.0 Å². The molecule has 1 aromatic heterocycles. The Balaban J connectivity index is 1.67. The van der Waals surface area contributed by atoms with Gasteiger partial charge in [-0.2, -0.15) is 13.2 Å². The van der Waals surface area contributed by atoms with Crippen molar-refractivity contribution in [2.45, 2.75) is 36.6 Å². The summed E-state index contributed by atoms with van der Waals surface area (Å²) in [6, 6.07) is 10.5. The lowest BCUT2D eigenvalue weighted by molar-refractivity contribution is -0.137. The van der Waals surface area contributed by atoms with E-state index >= 15 is 0 Å². The summed E-state index contributed by atoms with van der Waals surface area (Å²) < 4.78 is 38.4. The van der Waals surface area contributed by atoms with Crippen molar-refractivity contribution in [3.63, 3.8) is 0 Å². The van der Waals surface area contributed by atoms with Crippen molar-refractivity contribution in [2.24, 2.45) is 5.92 Å². The highest BCUT2D eigenvalue weighted by atomic mass is 32.2. The lowest BCUT2D eigenvalue weighted by Crippen LogP contribution is -2.39. The van der Waals surface area contributed by atoms with Crippen LogP contribution in [0.4, 0.5) is 13.2 Å². The molecule has 0 bridgehead atoms. The minimum atomic E-state index is -4.35. The SMILES string of the molecule is CC1CCCN(C(=O)c2cccc(CSc3cccc(C(F)(F)F)c3)n2)C1. The van der Waals surface area contributed by atoms with E-state index in [4.69, 9.17) is 0 Å². The Labute approximate surface area is 161 Å². The van der Waals surface area contributed by atoms with Gasteiger partial charge in [-0.25, -0.2) is 4.98 Å². The van der Waals surface area contributed by atoms with E-state index in [0.29, 0.717) is 28.0 Å². The highest BCUT2D eigenvalue weighted by Gasteiger charge is 2.30. The van der Waals surface area contributed by atoms with Gasteiger partial charge in [0, 0.05) is 23.7 Å². The number of hydrogen-bond acceptors (Lipinski definition) is 3. The zero-order valence-electron chi connectivity index (χ0n) is 15.0. The van der Waals surface area contributed by atoms with E-state index in [1.807, 2.05) is 4.90 Å². The van der Waals surface area contributed by atoms with Gasteiger partial charge in [-0.05, 0) is 49.1 Å². The number of amides is 1. The van der Waals surface area contributed by atoms with Gasteiger partial charge < -0.3 is 4.90 Å². The third kappa shape index (κ3) is 5.25. The van der Waals surface area contributed by atoms with E-state index < -0.39 is 11.7 Å². The highest BCUT2D eigenvalue weighted by molar-refractivity contribution is 7.98. The van der Waals surface area contributed by atoms with Gasteiger partial charge in [0.05, 0.1) is 11.3 Å². The minimum absolute atomic E-state index is 0.0764. The average molecular weight is 394 g/mol. The van der Waals surface area contributed by atoms with Gasteiger partial charge in [0.2, 0.25) is 0 Å². The number of likely N-dealkylation sites (tertiary alicyclic amines) is 1. The Kier molecular flexibility index (Phi) is 6.09. The van der Waals surface area contributed by atoms with Crippen molar-refractivity contribution in [3.8, 4) is 0 Å². The zero-order chi connectivity index (χ0) is 19.4. The average Bonchev–Trinajstić information content (AvgIpc) is 2.65. The Hall–Kier alpha value is -2.02. The van der Waals surface area contributed by atoms with Gasteiger partial charge in [0.1, 0.15) is 5.69 Å². The summed E-state index contributed by atoms with van der Waals surface area (Å²) in [5.74, 6) is 0.813. The molecule has 1 aromatic carbocycles. The molecule has 1 unspecified atom stereocenters. The Morgan fingerprint density at radius 2 is 2.04 bits per heavy atom. The number of alkyl halides is 3. The molecule has 0 N–H and O–H groups in total. The van der Waals surface area contributed by atoms with Crippen molar-refractivity contribution in [1.29, 1.82) is 0 Å². The molecule has 2 aromatic rings. The van der Waals surface area contributed by atoms with E-state index in [1.54, 1.807) is 24.3 Å². The van der Waals surface area contributed by atoms with Gasteiger partial charge in [0.25, 0.3) is 5.91 Å². The summed E-state index contributed by atoms with van der Waals surface area (Å²) in [6.45, 7) is 3.62. The maximum Gasteiger partial charge on any atom is 0.416 e. The zero-order valence-corrected chi connectivity index (χ0v) is 15.8. The molecular formula is C20H21F3N2OS. The second-order valence-corrected chi connectivity index (χ2v) is 7.88. The number of hydrogen-bond donors (Lipinski definition) is 0. The van der Waals surface area contributed by atoms with Crippen LogP contribution in [0.15, 0.2) is 47.4 Å². The Bertz CT molecular complexity index is 810. The standard InChI is InChI=1S/C20H21F3N2OS/c1-14-5-4-10-25(12-14)19(26)18-9-3-7-16(24-18)13-27-17-8-2-6-15(11-17)20(21,22)23/h2-3,6-9,11,14H,4-5,10,12-13H2,1H3. The fourth-order valence-electron chi connectivity index (χ4n) is 3.13. The molecule has 27 heavy (non-hydrogen) atoms. The van der Waals surface area contributed by atoms with E-state index in [1.165, 1.54) is 17.8 Å². The minimum Gasteiger partial charge on any atom is -0.337 e. The lowest BCUT2D eigenvalue weighted by Gasteiger charge is -2.30. The molecule has 0 spiro atoms. The van der Waals surface area contributed by atoms with Crippen LogP contribution in [-0.4, -0.2) is 28.9 Å². The molecule has 1 saturated heterocycles. The molecule has 144 valence electrons. The number of halogens is 3. The van der Waals surface area contributed by atoms with Crippen LogP contribution in [-0.2, 0) is 11.9 Å². The van der Waals surface area contributed by atoms with Crippen molar-refractivity contribution in [3.05, 3.63) is 59.4 Å². The highest BCUT2D eigenvalue weighted by Crippen LogP contribution is 2.32. The molecule has 1 aliphatic rings. The number of benzene rings is 1. The molecule has 0 aliphatic carbocycles.